The lowest BCUT2D eigenvalue weighted by Crippen LogP contribution is -2.28. The molecule has 104 valence electrons. The van der Waals surface area contributed by atoms with Crippen LogP contribution in [0.2, 0.25) is 0 Å². The Morgan fingerprint density at radius 3 is 2.74 bits per heavy atom. The predicted molar refractivity (Wildman–Crippen MR) is 78.1 cm³/mol. The topological polar surface area (TPSA) is 59.3 Å². The van der Waals surface area contributed by atoms with Gasteiger partial charge in [0, 0.05) is 19.6 Å². The van der Waals surface area contributed by atoms with Crippen LogP contribution in [0.5, 0.6) is 0 Å². The van der Waals surface area contributed by atoms with E-state index in [2.05, 4.69) is 23.2 Å². The average Bonchev–Trinajstić information content (AvgIpc) is 2.44. The molecule has 19 heavy (non-hydrogen) atoms. The Kier molecular flexibility index (Phi) is 6.94. The molecule has 1 aromatic carbocycles. The molecule has 0 heterocycles. The summed E-state index contributed by atoms with van der Waals surface area (Å²) in [5.41, 5.74) is 2.70. The first kappa shape index (κ1) is 15.5. The molecule has 4 nitrogen and oxygen atoms in total. The van der Waals surface area contributed by atoms with E-state index in [1.165, 1.54) is 0 Å². The summed E-state index contributed by atoms with van der Waals surface area (Å²) in [4.78, 5) is 2.09. The van der Waals surface area contributed by atoms with Crippen molar-refractivity contribution in [3.8, 4) is 6.07 Å². The number of unbranched alkanes of at least 4 members (excludes halogenated alkanes) is 1. The molecular formula is C15H23N3O. The number of aliphatic hydroxyl groups excluding tert-OH is 1. The minimum Gasteiger partial charge on any atom is -0.395 e. The lowest BCUT2D eigenvalue weighted by Gasteiger charge is -2.25. The van der Waals surface area contributed by atoms with Gasteiger partial charge in [0.05, 0.1) is 17.9 Å². The van der Waals surface area contributed by atoms with E-state index >= 15 is 0 Å². The van der Waals surface area contributed by atoms with Crippen molar-refractivity contribution in [2.24, 2.45) is 0 Å². The number of nitrogens with zero attached hydrogens (tertiary/aromatic N) is 2. The summed E-state index contributed by atoms with van der Waals surface area (Å²) < 4.78 is 0. The molecule has 0 saturated carbocycles. The number of anilines is 1. The lowest BCUT2D eigenvalue weighted by molar-refractivity contribution is 0.301. The smallest absolute Gasteiger partial charge is 0.101 e. The Labute approximate surface area is 115 Å². The largest absolute Gasteiger partial charge is 0.395 e. The fraction of sp³-hybridized carbons (Fsp3) is 0.533. The van der Waals surface area contributed by atoms with Crippen LogP contribution in [0.25, 0.3) is 0 Å². The molecule has 0 spiro atoms. The second-order valence-corrected chi connectivity index (χ2v) is 4.56. The Morgan fingerprint density at radius 2 is 2.16 bits per heavy atom. The molecule has 0 aliphatic carbocycles. The Bertz CT molecular complexity index is 426. The van der Waals surface area contributed by atoms with Gasteiger partial charge in [-0.1, -0.05) is 19.4 Å². The van der Waals surface area contributed by atoms with Gasteiger partial charge in [-0.05, 0) is 31.2 Å². The third-order valence-electron chi connectivity index (χ3n) is 3.05. The summed E-state index contributed by atoms with van der Waals surface area (Å²) in [5, 5.41) is 21.5. The first-order valence-electron chi connectivity index (χ1n) is 6.80. The standard InChI is InChI=1S/C15H23N3O/c1-3-4-7-18(8-9-19)15-6-5-13(12-17-2)10-14(15)11-16/h5-6,10,17,19H,3-4,7-9,12H2,1-2H3. The molecule has 0 aliphatic heterocycles. The molecule has 0 atom stereocenters. The summed E-state index contributed by atoms with van der Waals surface area (Å²) in [7, 11) is 1.89. The number of nitriles is 1. The molecule has 0 aromatic heterocycles. The SMILES string of the molecule is CCCCN(CCO)c1ccc(CNC)cc1C#N. The van der Waals surface area contributed by atoms with E-state index in [4.69, 9.17) is 5.11 Å². The first-order valence-corrected chi connectivity index (χ1v) is 6.80. The van der Waals surface area contributed by atoms with Crippen molar-refractivity contribution in [3.05, 3.63) is 29.3 Å². The van der Waals surface area contributed by atoms with Crippen molar-refractivity contribution in [1.29, 1.82) is 5.26 Å². The van der Waals surface area contributed by atoms with Gasteiger partial charge in [-0.3, -0.25) is 0 Å². The van der Waals surface area contributed by atoms with Crippen LogP contribution in [0.4, 0.5) is 5.69 Å². The number of aliphatic hydroxyl groups is 1. The van der Waals surface area contributed by atoms with Gasteiger partial charge in [-0.25, -0.2) is 0 Å². The fourth-order valence-electron chi connectivity index (χ4n) is 2.08. The fourth-order valence-corrected chi connectivity index (χ4v) is 2.08. The molecule has 0 saturated heterocycles. The maximum atomic E-state index is 9.29. The maximum absolute atomic E-state index is 9.29. The zero-order chi connectivity index (χ0) is 14.1. The van der Waals surface area contributed by atoms with Crippen LogP contribution in [0.3, 0.4) is 0 Å². The normalized spacial score (nSPS) is 10.2. The van der Waals surface area contributed by atoms with Crippen molar-refractivity contribution < 1.29 is 5.11 Å². The minimum absolute atomic E-state index is 0.104. The number of hydrogen-bond donors (Lipinski definition) is 2. The number of nitrogens with one attached hydrogen (secondary N) is 1. The summed E-state index contributed by atoms with van der Waals surface area (Å²) >= 11 is 0. The quantitative estimate of drug-likeness (QED) is 0.750. The van der Waals surface area contributed by atoms with E-state index in [1.54, 1.807) is 0 Å². The van der Waals surface area contributed by atoms with Crippen LogP contribution in [0, 0.1) is 11.3 Å². The van der Waals surface area contributed by atoms with Crippen molar-refractivity contribution >= 4 is 5.69 Å². The highest BCUT2D eigenvalue weighted by molar-refractivity contribution is 5.60. The highest BCUT2D eigenvalue weighted by Gasteiger charge is 2.11. The van der Waals surface area contributed by atoms with Gasteiger partial charge in [0.1, 0.15) is 6.07 Å². The lowest BCUT2D eigenvalue weighted by atomic mass is 10.1. The molecule has 0 amide bonds. The first-order chi connectivity index (χ1) is 9.26. The third kappa shape index (κ3) is 4.55. The van der Waals surface area contributed by atoms with Crippen molar-refractivity contribution in [2.45, 2.75) is 26.3 Å². The van der Waals surface area contributed by atoms with Crippen molar-refractivity contribution in [3.63, 3.8) is 0 Å². The van der Waals surface area contributed by atoms with Gasteiger partial charge in [-0.2, -0.15) is 5.26 Å². The highest BCUT2D eigenvalue weighted by Crippen LogP contribution is 2.22. The maximum Gasteiger partial charge on any atom is 0.101 e. The Balaban J connectivity index is 2.97. The molecule has 0 fully saturated rings. The van der Waals surface area contributed by atoms with E-state index in [9.17, 15) is 5.26 Å². The van der Waals surface area contributed by atoms with Crippen LogP contribution in [-0.4, -0.2) is 31.9 Å². The van der Waals surface area contributed by atoms with Crippen molar-refractivity contribution in [2.75, 3.05) is 31.6 Å². The summed E-state index contributed by atoms with van der Waals surface area (Å²) in [5.74, 6) is 0. The molecule has 0 radical (unpaired) electrons. The van der Waals surface area contributed by atoms with Crippen LogP contribution in [0.1, 0.15) is 30.9 Å². The number of rotatable bonds is 8. The average molecular weight is 261 g/mol. The van der Waals surface area contributed by atoms with Crippen LogP contribution < -0.4 is 10.2 Å². The third-order valence-corrected chi connectivity index (χ3v) is 3.05. The van der Waals surface area contributed by atoms with Gasteiger partial charge >= 0.3 is 0 Å². The summed E-state index contributed by atoms with van der Waals surface area (Å²) in [6.07, 6.45) is 2.16. The Morgan fingerprint density at radius 1 is 1.37 bits per heavy atom. The second kappa shape index (κ2) is 8.52. The monoisotopic (exact) mass is 261 g/mol. The summed E-state index contributed by atoms with van der Waals surface area (Å²) in [6.45, 7) is 4.44. The van der Waals surface area contributed by atoms with Gasteiger partial charge in [0.15, 0.2) is 0 Å². The minimum atomic E-state index is 0.104. The second-order valence-electron chi connectivity index (χ2n) is 4.56. The van der Waals surface area contributed by atoms with Gasteiger partial charge in [0.25, 0.3) is 0 Å². The number of benzene rings is 1. The molecule has 1 rings (SSSR count). The molecule has 0 aliphatic rings. The molecule has 2 N–H and O–H groups in total. The number of hydrogen-bond acceptors (Lipinski definition) is 4. The zero-order valence-corrected chi connectivity index (χ0v) is 11.8. The summed E-state index contributed by atoms with van der Waals surface area (Å²) in [6, 6.07) is 8.19. The Hall–Kier alpha value is -1.57. The van der Waals surface area contributed by atoms with Gasteiger partial charge < -0.3 is 15.3 Å². The van der Waals surface area contributed by atoms with E-state index in [1.807, 2.05) is 25.2 Å². The van der Waals surface area contributed by atoms with E-state index in [-0.39, 0.29) is 6.61 Å². The van der Waals surface area contributed by atoms with E-state index < -0.39 is 0 Å². The van der Waals surface area contributed by atoms with Crippen molar-refractivity contribution in [1.82, 2.24) is 5.32 Å². The van der Waals surface area contributed by atoms with Gasteiger partial charge in [-0.15, -0.1) is 0 Å². The van der Waals surface area contributed by atoms with Gasteiger partial charge in [0.2, 0.25) is 0 Å². The van der Waals surface area contributed by atoms with Crippen LogP contribution in [-0.2, 0) is 6.54 Å². The highest BCUT2D eigenvalue weighted by atomic mass is 16.3. The van der Waals surface area contributed by atoms with Crippen LogP contribution >= 0.6 is 0 Å². The van der Waals surface area contributed by atoms with Crippen LogP contribution in [0.15, 0.2) is 18.2 Å². The molecule has 4 heteroatoms. The zero-order valence-electron chi connectivity index (χ0n) is 11.8. The molecule has 0 bridgehead atoms. The molecule has 1 aromatic rings. The molecule has 0 unspecified atom stereocenters. The van der Waals surface area contributed by atoms with E-state index in [0.717, 1.165) is 37.2 Å². The predicted octanol–water partition coefficient (Wildman–Crippen LogP) is 1.88. The molecular weight excluding hydrogens is 238 g/mol. The van der Waals surface area contributed by atoms with E-state index in [0.29, 0.717) is 12.1 Å².